The van der Waals surface area contributed by atoms with Crippen molar-refractivity contribution in [2.24, 2.45) is 5.73 Å². The van der Waals surface area contributed by atoms with Crippen LogP contribution < -0.4 is 11.1 Å². The molecule has 9 heteroatoms. The van der Waals surface area contributed by atoms with Gasteiger partial charge in [0, 0.05) is 12.6 Å². The van der Waals surface area contributed by atoms with Gasteiger partial charge in [-0.25, -0.2) is 9.67 Å². The van der Waals surface area contributed by atoms with Gasteiger partial charge in [0.2, 0.25) is 5.78 Å². The molecule has 1 atom stereocenters. The van der Waals surface area contributed by atoms with Crippen molar-refractivity contribution in [3.63, 3.8) is 0 Å². The van der Waals surface area contributed by atoms with Gasteiger partial charge in [0.1, 0.15) is 17.5 Å². The highest BCUT2D eigenvalue weighted by Gasteiger charge is 2.28. The number of furan rings is 1. The Kier molecular flexibility index (Phi) is 4.88. The lowest BCUT2D eigenvalue weighted by Gasteiger charge is -2.15. The Balaban J connectivity index is 1.83. The summed E-state index contributed by atoms with van der Waals surface area (Å²) in [5.41, 5.74) is 5.24. The number of hydrogen-bond acceptors (Lipinski definition) is 6. The number of amides is 2. The third-order valence-electron chi connectivity index (χ3n) is 3.59. The first-order valence-corrected chi connectivity index (χ1v) is 7.68. The smallest absolute Gasteiger partial charge is 0.287 e. The van der Waals surface area contributed by atoms with Gasteiger partial charge in [-0.3, -0.25) is 14.4 Å². The number of pyridine rings is 1. The molecule has 3 aromatic rings. The van der Waals surface area contributed by atoms with E-state index in [1.54, 1.807) is 36.5 Å². The fourth-order valence-corrected chi connectivity index (χ4v) is 2.38. The summed E-state index contributed by atoms with van der Waals surface area (Å²) < 4.78 is 6.50. The molecule has 0 spiro atoms. The van der Waals surface area contributed by atoms with Gasteiger partial charge >= 0.3 is 0 Å². The van der Waals surface area contributed by atoms with Crippen molar-refractivity contribution >= 4 is 17.6 Å². The topological polar surface area (TPSA) is 133 Å². The van der Waals surface area contributed by atoms with E-state index in [-0.39, 0.29) is 12.1 Å². The number of nitrogens with two attached hydrogens (primary N) is 1. The Morgan fingerprint density at radius 3 is 2.65 bits per heavy atom. The maximum atomic E-state index is 12.6. The van der Waals surface area contributed by atoms with Gasteiger partial charge in [-0.1, -0.05) is 6.07 Å². The molecule has 3 aromatic heterocycles. The first-order chi connectivity index (χ1) is 12.6. The van der Waals surface area contributed by atoms with Crippen LogP contribution in [0.5, 0.6) is 0 Å². The minimum Gasteiger partial charge on any atom is -0.469 e. The third kappa shape index (κ3) is 3.66. The van der Waals surface area contributed by atoms with Gasteiger partial charge in [0.05, 0.1) is 12.5 Å². The fraction of sp³-hybridized carbons (Fsp3) is 0.118. The lowest BCUT2D eigenvalue weighted by atomic mass is 10.1. The molecular formula is C17H15N5O4. The summed E-state index contributed by atoms with van der Waals surface area (Å²) in [6, 6.07) is 8.75. The van der Waals surface area contributed by atoms with Crippen LogP contribution >= 0.6 is 0 Å². The molecule has 0 saturated carbocycles. The predicted octanol–water partition coefficient (Wildman–Crippen LogP) is 0.256. The molecule has 0 aromatic carbocycles. The maximum absolute atomic E-state index is 12.6. The van der Waals surface area contributed by atoms with Crippen molar-refractivity contribution in [2.75, 3.05) is 0 Å². The van der Waals surface area contributed by atoms with Gasteiger partial charge in [-0.05, 0) is 30.3 Å². The van der Waals surface area contributed by atoms with Crippen molar-refractivity contribution in [2.45, 2.75) is 12.5 Å². The summed E-state index contributed by atoms with van der Waals surface area (Å²) >= 11 is 0. The number of carbonyl (C=O) groups excluding carboxylic acids is 3. The van der Waals surface area contributed by atoms with E-state index in [0.717, 1.165) is 0 Å². The van der Waals surface area contributed by atoms with Crippen LogP contribution in [-0.2, 0) is 16.0 Å². The van der Waals surface area contributed by atoms with Crippen LogP contribution in [0, 0.1) is 0 Å². The predicted molar refractivity (Wildman–Crippen MR) is 89.2 cm³/mol. The average molecular weight is 353 g/mol. The Labute approximate surface area is 147 Å². The molecule has 0 fully saturated rings. The van der Waals surface area contributed by atoms with Gasteiger partial charge in [0.25, 0.3) is 11.8 Å². The van der Waals surface area contributed by atoms with Crippen LogP contribution in [0.15, 0.2) is 59.5 Å². The lowest BCUT2D eigenvalue weighted by molar-refractivity contribution is -0.137. The van der Waals surface area contributed by atoms with Crippen molar-refractivity contribution in [1.29, 1.82) is 0 Å². The van der Waals surface area contributed by atoms with Crippen LogP contribution in [0.1, 0.15) is 16.2 Å². The zero-order valence-corrected chi connectivity index (χ0v) is 13.5. The molecule has 132 valence electrons. The van der Waals surface area contributed by atoms with Crippen molar-refractivity contribution in [1.82, 2.24) is 20.1 Å². The third-order valence-corrected chi connectivity index (χ3v) is 3.59. The number of nitrogens with zero attached hydrogens (tertiary/aromatic N) is 3. The minimum atomic E-state index is -1.15. The zero-order chi connectivity index (χ0) is 18.5. The number of nitrogens with one attached hydrogen (secondary N) is 1. The number of Topliss-reactive ketones (excluding diaryl/α,β-unsaturated/α-hetero) is 1. The van der Waals surface area contributed by atoms with Gasteiger partial charge < -0.3 is 15.5 Å². The van der Waals surface area contributed by atoms with E-state index in [1.165, 1.54) is 23.2 Å². The zero-order valence-electron chi connectivity index (χ0n) is 13.5. The molecule has 1 unspecified atom stereocenters. The van der Waals surface area contributed by atoms with E-state index in [2.05, 4.69) is 15.4 Å². The molecule has 2 amide bonds. The highest BCUT2D eigenvalue weighted by molar-refractivity contribution is 6.38. The molecule has 0 aliphatic carbocycles. The standard InChI is InChI=1S/C17H15N5O4/c18-16(24)15(23)12(10-11-4-3-9-26-11)21-17(25)13-6-8-20-22(13)14-5-1-2-7-19-14/h1-9,12H,10H2,(H2,18,24)(H,21,25). The van der Waals surface area contributed by atoms with E-state index < -0.39 is 23.6 Å². The minimum absolute atomic E-state index is 0.00175. The first-order valence-electron chi connectivity index (χ1n) is 7.68. The summed E-state index contributed by atoms with van der Waals surface area (Å²) in [5.74, 6) is -1.78. The quantitative estimate of drug-likeness (QED) is 0.585. The van der Waals surface area contributed by atoms with Gasteiger partial charge in [0.15, 0.2) is 5.82 Å². The molecule has 3 heterocycles. The van der Waals surface area contributed by atoms with Gasteiger partial charge in [-0.2, -0.15) is 5.10 Å². The molecule has 0 radical (unpaired) electrons. The van der Waals surface area contributed by atoms with E-state index in [9.17, 15) is 14.4 Å². The molecule has 0 aliphatic rings. The van der Waals surface area contributed by atoms with Gasteiger partial charge in [-0.15, -0.1) is 0 Å². The number of aromatic nitrogens is 3. The van der Waals surface area contributed by atoms with Crippen LogP contribution in [-0.4, -0.2) is 38.4 Å². The molecule has 3 N–H and O–H groups in total. The van der Waals surface area contributed by atoms with E-state index in [1.807, 2.05) is 0 Å². The maximum Gasteiger partial charge on any atom is 0.287 e. The molecular weight excluding hydrogens is 338 g/mol. The first kappa shape index (κ1) is 17.1. The molecule has 26 heavy (non-hydrogen) atoms. The summed E-state index contributed by atoms with van der Waals surface area (Å²) in [5, 5.41) is 6.58. The number of rotatable bonds is 7. The normalized spacial score (nSPS) is 11.7. The van der Waals surface area contributed by atoms with Crippen LogP contribution in [0.4, 0.5) is 0 Å². The second-order valence-corrected chi connectivity index (χ2v) is 5.35. The van der Waals surface area contributed by atoms with E-state index in [4.69, 9.17) is 10.2 Å². The number of ketones is 1. The largest absolute Gasteiger partial charge is 0.469 e. The van der Waals surface area contributed by atoms with Crippen molar-refractivity contribution in [3.05, 3.63) is 66.5 Å². The van der Waals surface area contributed by atoms with E-state index >= 15 is 0 Å². The van der Waals surface area contributed by atoms with E-state index in [0.29, 0.717) is 11.6 Å². The fourth-order valence-electron chi connectivity index (χ4n) is 2.38. The Hall–Kier alpha value is -3.75. The number of primary amides is 1. The summed E-state index contributed by atoms with van der Waals surface area (Å²) in [7, 11) is 0. The summed E-state index contributed by atoms with van der Waals surface area (Å²) in [4.78, 5) is 40.1. The van der Waals surface area contributed by atoms with Crippen LogP contribution in [0.3, 0.4) is 0 Å². The monoisotopic (exact) mass is 353 g/mol. The summed E-state index contributed by atoms with van der Waals surface area (Å²) in [6.07, 6.45) is 4.42. The Morgan fingerprint density at radius 2 is 2.00 bits per heavy atom. The molecule has 0 bridgehead atoms. The second-order valence-electron chi connectivity index (χ2n) is 5.35. The second kappa shape index (κ2) is 7.43. The molecule has 9 nitrogen and oxygen atoms in total. The highest BCUT2D eigenvalue weighted by atomic mass is 16.3. The van der Waals surface area contributed by atoms with Crippen molar-refractivity contribution in [3.8, 4) is 5.82 Å². The number of hydrogen-bond donors (Lipinski definition) is 2. The Bertz CT molecular complexity index is 918. The molecule has 3 rings (SSSR count). The highest BCUT2D eigenvalue weighted by Crippen LogP contribution is 2.10. The Morgan fingerprint density at radius 1 is 1.15 bits per heavy atom. The number of carbonyl (C=O) groups is 3. The average Bonchev–Trinajstić information content (AvgIpc) is 3.32. The summed E-state index contributed by atoms with van der Waals surface area (Å²) in [6.45, 7) is 0. The SMILES string of the molecule is NC(=O)C(=O)C(Cc1ccco1)NC(=O)c1ccnn1-c1ccccn1. The lowest BCUT2D eigenvalue weighted by Crippen LogP contribution is -2.47. The molecule has 0 aliphatic heterocycles. The van der Waals surface area contributed by atoms with Crippen LogP contribution in [0.25, 0.3) is 5.82 Å². The van der Waals surface area contributed by atoms with Crippen molar-refractivity contribution < 1.29 is 18.8 Å². The van der Waals surface area contributed by atoms with Crippen LogP contribution in [0.2, 0.25) is 0 Å². The molecule has 0 saturated heterocycles.